The fourth-order valence-electron chi connectivity index (χ4n) is 1.51. The van der Waals surface area contributed by atoms with E-state index in [0.717, 1.165) is 22.1 Å². The average molecular weight is 241 g/mol. The molecule has 1 aromatic rings. The summed E-state index contributed by atoms with van der Waals surface area (Å²) in [5.41, 5.74) is 0.821. The van der Waals surface area contributed by atoms with Crippen LogP contribution in [0.5, 0.6) is 0 Å². The Morgan fingerprint density at radius 2 is 2.12 bits per heavy atom. The second kappa shape index (κ2) is 5.96. The summed E-state index contributed by atoms with van der Waals surface area (Å²) in [6.45, 7) is 7.48. The quantitative estimate of drug-likeness (QED) is 0.818. The Balaban J connectivity index is 2.50. The Kier molecular flexibility index (Phi) is 4.89. The van der Waals surface area contributed by atoms with E-state index in [4.69, 9.17) is 0 Å². The van der Waals surface area contributed by atoms with Crippen molar-refractivity contribution in [1.82, 2.24) is 15.6 Å². The van der Waals surface area contributed by atoms with E-state index in [1.54, 1.807) is 0 Å². The molecular weight excluding hydrogens is 222 g/mol. The Labute approximate surface area is 100 Å². The van der Waals surface area contributed by atoms with Crippen molar-refractivity contribution in [3.63, 3.8) is 0 Å². The molecule has 0 bridgehead atoms. The van der Waals surface area contributed by atoms with Crippen LogP contribution in [0.15, 0.2) is 0 Å². The van der Waals surface area contributed by atoms with Gasteiger partial charge < -0.3 is 10.6 Å². The summed E-state index contributed by atoms with van der Waals surface area (Å²) in [5.74, 6) is 0.425. The van der Waals surface area contributed by atoms with Crippen molar-refractivity contribution in [2.75, 3.05) is 20.1 Å². The summed E-state index contributed by atoms with van der Waals surface area (Å²) in [4.78, 5) is 16.8. The van der Waals surface area contributed by atoms with Gasteiger partial charge >= 0.3 is 0 Å². The van der Waals surface area contributed by atoms with Crippen LogP contribution in [0, 0.1) is 19.8 Å². The third-order valence-corrected chi connectivity index (χ3v) is 3.35. The Hall–Kier alpha value is -0.940. The number of aromatic nitrogens is 1. The number of hydrogen-bond acceptors (Lipinski definition) is 4. The maximum Gasteiger partial charge on any atom is 0.263 e. The molecule has 0 aliphatic rings. The smallest absolute Gasteiger partial charge is 0.263 e. The van der Waals surface area contributed by atoms with Crippen LogP contribution in [0.4, 0.5) is 0 Å². The molecule has 1 amide bonds. The van der Waals surface area contributed by atoms with E-state index in [0.29, 0.717) is 12.5 Å². The molecule has 4 nitrogen and oxygen atoms in total. The molecule has 0 saturated carbocycles. The van der Waals surface area contributed by atoms with E-state index >= 15 is 0 Å². The minimum Gasteiger partial charge on any atom is -0.351 e. The highest BCUT2D eigenvalue weighted by molar-refractivity contribution is 7.13. The lowest BCUT2D eigenvalue weighted by Gasteiger charge is -2.11. The lowest BCUT2D eigenvalue weighted by Crippen LogP contribution is -2.32. The van der Waals surface area contributed by atoms with E-state index in [1.807, 2.05) is 20.9 Å². The minimum absolute atomic E-state index is 0.00828. The summed E-state index contributed by atoms with van der Waals surface area (Å²) in [6, 6.07) is 0. The lowest BCUT2D eigenvalue weighted by molar-refractivity contribution is 0.0951. The second-order valence-corrected chi connectivity index (χ2v) is 5.22. The molecule has 1 aromatic heterocycles. The van der Waals surface area contributed by atoms with Crippen LogP contribution in [0.2, 0.25) is 0 Å². The monoisotopic (exact) mass is 241 g/mol. The molecule has 2 N–H and O–H groups in total. The predicted octanol–water partition coefficient (Wildman–Crippen LogP) is 1.35. The largest absolute Gasteiger partial charge is 0.351 e. The van der Waals surface area contributed by atoms with E-state index in [-0.39, 0.29) is 5.91 Å². The van der Waals surface area contributed by atoms with Crippen molar-refractivity contribution in [2.24, 2.45) is 5.92 Å². The van der Waals surface area contributed by atoms with Gasteiger partial charge in [-0.15, -0.1) is 11.3 Å². The highest BCUT2D eigenvalue weighted by atomic mass is 32.1. The highest BCUT2D eigenvalue weighted by Gasteiger charge is 2.13. The first-order valence-electron chi connectivity index (χ1n) is 5.41. The highest BCUT2D eigenvalue weighted by Crippen LogP contribution is 2.16. The SMILES string of the molecule is CNCC(C)CNC(=O)c1sc(C)nc1C. The van der Waals surface area contributed by atoms with Crippen LogP contribution in [0.1, 0.15) is 27.3 Å². The number of nitrogens with one attached hydrogen (secondary N) is 2. The molecule has 90 valence electrons. The van der Waals surface area contributed by atoms with E-state index in [9.17, 15) is 4.79 Å². The molecule has 5 heteroatoms. The third kappa shape index (κ3) is 3.57. The summed E-state index contributed by atoms with van der Waals surface area (Å²) in [7, 11) is 1.91. The molecule has 0 aromatic carbocycles. The number of carbonyl (C=O) groups excluding carboxylic acids is 1. The van der Waals surface area contributed by atoms with Crippen LogP contribution in [-0.4, -0.2) is 31.0 Å². The maximum atomic E-state index is 11.8. The van der Waals surface area contributed by atoms with E-state index < -0.39 is 0 Å². The number of aryl methyl sites for hydroxylation is 2. The molecule has 1 atom stereocenters. The molecule has 1 unspecified atom stereocenters. The Morgan fingerprint density at radius 3 is 2.62 bits per heavy atom. The van der Waals surface area contributed by atoms with Gasteiger partial charge in [-0.1, -0.05) is 6.92 Å². The molecule has 16 heavy (non-hydrogen) atoms. The van der Waals surface area contributed by atoms with Gasteiger partial charge in [0.1, 0.15) is 4.88 Å². The zero-order chi connectivity index (χ0) is 12.1. The molecule has 0 aliphatic heterocycles. The van der Waals surface area contributed by atoms with Crippen molar-refractivity contribution in [3.8, 4) is 0 Å². The topological polar surface area (TPSA) is 54.0 Å². The molecule has 1 rings (SSSR count). The van der Waals surface area contributed by atoms with Gasteiger partial charge in [0.2, 0.25) is 0 Å². The van der Waals surface area contributed by atoms with Crippen LogP contribution in [0.25, 0.3) is 0 Å². The van der Waals surface area contributed by atoms with Crippen molar-refractivity contribution in [2.45, 2.75) is 20.8 Å². The summed E-state index contributed by atoms with van der Waals surface area (Å²) in [5, 5.41) is 6.95. The van der Waals surface area contributed by atoms with E-state index in [1.165, 1.54) is 11.3 Å². The Morgan fingerprint density at radius 1 is 1.44 bits per heavy atom. The van der Waals surface area contributed by atoms with Gasteiger partial charge in [0.05, 0.1) is 10.7 Å². The standard InChI is InChI=1S/C11H19N3OS/c1-7(5-12-4)6-13-11(15)10-8(2)14-9(3)16-10/h7,12H,5-6H2,1-4H3,(H,13,15). The van der Waals surface area contributed by atoms with Crippen LogP contribution >= 0.6 is 11.3 Å². The molecular formula is C11H19N3OS. The number of rotatable bonds is 5. The number of amides is 1. The first-order chi connectivity index (χ1) is 7.54. The van der Waals surface area contributed by atoms with Crippen LogP contribution < -0.4 is 10.6 Å². The van der Waals surface area contributed by atoms with E-state index in [2.05, 4.69) is 22.5 Å². The summed E-state index contributed by atoms with van der Waals surface area (Å²) < 4.78 is 0. The van der Waals surface area contributed by atoms with Crippen LogP contribution in [0.3, 0.4) is 0 Å². The molecule has 0 saturated heterocycles. The number of carbonyl (C=O) groups is 1. The fraction of sp³-hybridized carbons (Fsp3) is 0.636. The van der Waals surface area contributed by atoms with Gasteiger partial charge in [-0.2, -0.15) is 0 Å². The molecule has 0 fully saturated rings. The summed E-state index contributed by atoms with van der Waals surface area (Å²) in [6.07, 6.45) is 0. The van der Waals surface area contributed by atoms with Gasteiger partial charge in [0.15, 0.2) is 0 Å². The first kappa shape index (κ1) is 13.1. The Bertz CT molecular complexity index is 362. The maximum absolute atomic E-state index is 11.8. The van der Waals surface area contributed by atoms with Crippen LogP contribution in [-0.2, 0) is 0 Å². The number of nitrogens with zero attached hydrogens (tertiary/aromatic N) is 1. The van der Waals surface area contributed by atoms with Gasteiger partial charge in [-0.05, 0) is 33.4 Å². The number of hydrogen-bond donors (Lipinski definition) is 2. The van der Waals surface area contributed by atoms with Crippen molar-refractivity contribution >= 4 is 17.2 Å². The normalized spacial score (nSPS) is 12.5. The van der Waals surface area contributed by atoms with Gasteiger partial charge in [0.25, 0.3) is 5.91 Å². The van der Waals surface area contributed by atoms with Gasteiger partial charge in [0, 0.05) is 6.54 Å². The molecule has 0 radical (unpaired) electrons. The molecule has 0 spiro atoms. The minimum atomic E-state index is -0.00828. The zero-order valence-electron chi connectivity index (χ0n) is 10.3. The van der Waals surface area contributed by atoms with Gasteiger partial charge in [-0.25, -0.2) is 4.98 Å². The second-order valence-electron chi connectivity index (χ2n) is 4.02. The molecule has 0 aliphatic carbocycles. The lowest BCUT2D eigenvalue weighted by atomic mass is 10.2. The zero-order valence-corrected chi connectivity index (χ0v) is 11.1. The van der Waals surface area contributed by atoms with Gasteiger partial charge in [-0.3, -0.25) is 4.79 Å². The van der Waals surface area contributed by atoms with Crippen molar-refractivity contribution in [3.05, 3.63) is 15.6 Å². The van der Waals surface area contributed by atoms with Crippen molar-refractivity contribution < 1.29 is 4.79 Å². The van der Waals surface area contributed by atoms with Crippen molar-refractivity contribution in [1.29, 1.82) is 0 Å². The third-order valence-electron chi connectivity index (χ3n) is 2.27. The first-order valence-corrected chi connectivity index (χ1v) is 6.23. The predicted molar refractivity (Wildman–Crippen MR) is 67.0 cm³/mol. The average Bonchev–Trinajstić information content (AvgIpc) is 2.55. The number of thiazole rings is 1. The molecule has 1 heterocycles. The summed E-state index contributed by atoms with van der Waals surface area (Å²) >= 11 is 1.45. The fourth-order valence-corrected chi connectivity index (χ4v) is 2.35.